The van der Waals surface area contributed by atoms with E-state index in [4.69, 9.17) is 5.11 Å². The average Bonchev–Trinajstić information content (AvgIpc) is 2.94. The normalized spacial score (nSPS) is 21.8. The molecule has 108 valence electrons. The SMILES string of the molecule is CC(=O)Nc1nc(C(=O)N2CCC(C(=O)O)C2C)cs1. The number of carbonyl (C=O) groups is 3. The van der Waals surface area contributed by atoms with Gasteiger partial charge in [0.05, 0.1) is 5.92 Å². The summed E-state index contributed by atoms with van der Waals surface area (Å²) in [7, 11) is 0. The fourth-order valence-corrected chi connectivity index (χ4v) is 3.01. The Bertz CT molecular complexity index is 557. The van der Waals surface area contributed by atoms with Gasteiger partial charge in [-0.1, -0.05) is 0 Å². The number of nitrogens with one attached hydrogen (secondary N) is 1. The summed E-state index contributed by atoms with van der Waals surface area (Å²) in [6, 6.07) is -0.356. The van der Waals surface area contributed by atoms with Crippen molar-refractivity contribution < 1.29 is 19.5 Å². The van der Waals surface area contributed by atoms with Gasteiger partial charge in [0, 0.05) is 24.9 Å². The Morgan fingerprint density at radius 3 is 2.75 bits per heavy atom. The van der Waals surface area contributed by atoms with Crippen LogP contribution < -0.4 is 5.32 Å². The van der Waals surface area contributed by atoms with Crippen LogP contribution in [-0.2, 0) is 9.59 Å². The fraction of sp³-hybridized carbons (Fsp3) is 0.500. The van der Waals surface area contributed by atoms with Crippen molar-refractivity contribution in [2.75, 3.05) is 11.9 Å². The fourth-order valence-electron chi connectivity index (χ4n) is 2.28. The summed E-state index contributed by atoms with van der Waals surface area (Å²) in [5.41, 5.74) is 0.233. The summed E-state index contributed by atoms with van der Waals surface area (Å²) in [5.74, 6) is -1.97. The van der Waals surface area contributed by atoms with Gasteiger partial charge < -0.3 is 15.3 Å². The summed E-state index contributed by atoms with van der Waals surface area (Å²) in [6.07, 6.45) is 0.449. The number of anilines is 1. The van der Waals surface area contributed by atoms with Crippen LogP contribution in [0, 0.1) is 5.92 Å². The number of aliphatic carboxylic acids is 1. The molecule has 2 atom stereocenters. The quantitative estimate of drug-likeness (QED) is 0.868. The molecule has 2 rings (SSSR count). The van der Waals surface area contributed by atoms with Crippen molar-refractivity contribution >= 4 is 34.3 Å². The van der Waals surface area contributed by atoms with Gasteiger partial charge in [-0.2, -0.15) is 0 Å². The van der Waals surface area contributed by atoms with E-state index in [2.05, 4.69) is 10.3 Å². The number of thiazole rings is 1. The van der Waals surface area contributed by atoms with Crippen LogP contribution >= 0.6 is 11.3 Å². The van der Waals surface area contributed by atoms with E-state index < -0.39 is 11.9 Å². The third-order valence-corrected chi connectivity index (χ3v) is 4.10. The molecule has 1 fully saturated rings. The molecule has 0 spiro atoms. The first-order valence-electron chi connectivity index (χ1n) is 6.17. The topological polar surface area (TPSA) is 99.6 Å². The van der Waals surface area contributed by atoms with Crippen LogP contribution in [0.3, 0.4) is 0 Å². The molecule has 1 aliphatic heterocycles. The lowest BCUT2D eigenvalue weighted by Gasteiger charge is -2.22. The molecule has 8 heteroatoms. The van der Waals surface area contributed by atoms with Crippen LogP contribution in [0.15, 0.2) is 5.38 Å². The van der Waals surface area contributed by atoms with Crippen LogP contribution in [0.4, 0.5) is 5.13 Å². The molecule has 1 aliphatic rings. The third kappa shape index (κ3) is 2.79. The van der Waals surface area contributed by atoms with E-state index in [0.29, 0.717) is 18.1 Å². The second-order valence-electron chi connectivity index (χ2n) is 4.69. The summed E-state index contributed by atoms with van der Waals surface area (Å²) in [6.45, 7) is 3.50. The van der Waals surface area contributed by atoms with Crippen molar-refractivity contribution in [1.82, 2.24) is 9.88 Å². The third-order valence-electron chi connectivity index (χ3n) is 3.34. The van der Waals surface area contributed by atoms with Crippen molar-refractivity contribution in [3.8, 4) is 0 Å². The number of carbonyl (C=O) groups excluding carboxylic acids is 2. The van der Waals surface area contributed by atoms with Crippen molar-refractivity contribution in [3.05, 3.63) is 11.1 Å². The molecule has 0 radical (unpaired) electrons. The first-order valence-corrected chi connectivity index (χ1v) is 7.05. The van der Waals surface area contributed by atoms with Crippen LogP contribution in [0.25, 0.3) is 0 Å². The van der Waals surface area contributed by atoms with E-state index in [0.717, 1.165) is 0 Å². The Hall–Kier alpha value is -1.96. The molecule has 2 heterocycles. The monoisotopic (exact) mass is 297 g/mol. The first-order chi connectivity index (χ1) is 9.40. The predicted molar refractivity (Wildman–Crippen MR) is 72.7 cm³/mol. The number of hydrogen-bond donors (Lipinski definition) is 2. The number of likely N-dealkylation sites (tertiary alicyclic amines) is 1. The Labute approximate surface area is 119 Å². The van der Waals surface area contributed by atoms with Gasteiger partial charge in [-0.05, 0) is 13.3 Å². The maximum atomic E-state index is 12.3. The van der Waals surface area contributed by atoms with E-state index in [9.17, 15) is 14.4 Å². The summed E-state index contributed by atoms with van der Waals surface area (Å²) >= 11 is 1.17. The highest BCUT2D eigenvalue weighted by Crippen LogP contribution is 2.27. The summed E-state index contributed by atoms with van der Waals surface area (Å²) < 4.78 is 0. The number of rotatable bonds is 3. The minimum Gasteiger partial charge on any atom is -0.481 e. The first kappa shape index (κ1) is 14.4. The Morgan fingerprint density at radius 2 is 2.20 bits per heavy atom. The van der Waals surface area contributed by atoms with E-state index in [1.54, 1.807) is 12.3 Å². The molecule has 2 unspecified atom stereocenters. The molecule has 1 saturated heterocycles. The lowest BCUT2D eigenvalue weighted by atomic mass is 10.0. The van der Waals surface area contributed by atoms with Crippen LogP contribution in [0.5, 0.6) is 0 Å². The van der Waals surface area contributed by atoms with Crippen molar-refractivity contribution in [2.45, 2.75) is 26.3 Å². The molecule has 0 aliphatic carbocycles. The molecular weight excluding hydrogens is 282 g/mol. The van der Waals surface area contributed by atoms with Gasteiger partial charge in [0.25, 0.3) is 5.91 Å². The van der Waals surface area contributed by atoms with Gasteiger partial charge >= 0.3 is 5.97 Å². The number of carboxylic acids is 1. The van der Waals surface area contributed by atoms with Gasteiger partial charge in [0.15, 0.2) is 5.13 Å². The Balaban J connectivity index is 2.10. The molecule has 0 bridgehead atoms. The van der Waals surface area contributed by atoms with E-state index in [1.807, 2.05) is 0 Å². The average molecular weight is 297 g/mol. The van der Waals surface area contributed by atoms with Gasteiger partial charge in [0.1, 0.15) is 5.69 Å². The summed E-state index contributed by atoms with van der Waals surface area (Å²) in [5, 5.41) is 13.5. The second kappa shape index (κ2) is 5.58. The van der Waals surface area contributed by atoms with E-state index >= 15 is 0 Å². The van der Waals surface area contributed by atoms with E-state index in [-0.39, 0.29) is 23.6 Å². The molecule has 2 N–H and O–H groups in total. The number of hydrogen-bond acceptors (Lipinski definition) is 5. The number of amides is 2. The van der Waals surface area contributed by atoms with Gasteiger partial charge in [-0.25, -0.2) is 4.98 Å². The van der Waals surface area contributed by atoms with Crippen molar-refractivity contribution in [1.29, 1.82) is 0 Å². The van der Waals surface area contributed by atoms with Crippen molar-refractivity contribution in [3.63, 3.8) is 0 Å². The van der Waals surface area contributed by atoms with Gasteiger partial charge in [-0.3, -0.25) is 14.4 Å². The minimum atomic E-state index is -0.884. The van der Waals surface area contributed by atoms with Gasteiger partial charge in [-0.15, -0.1) is 11.3 Å². The van der Waals surface area contributed by atoms with Gasteiger partial charge in [0.2, 0.25) is 5.91 Å². The molecule has 2 amide bonds. The molecule has 7 nitrogen and oxygen atoms in total. The minimum absolute atomic E-state index is 0.233. The zero-order valence-electron chi connectivity index (χ0n) is 11.1. The molecule has 1 aromatic rings. The highest BCUT2D eigenvalue weighted by Gasteiger charge is 2.38. The molecular formula is C12H15N3O4S. The lowest BCUT2D eigenvalue weighted by molar-refractivity contribution is -0.142. The summed E-state index contributed by atoms with van der Waals surface area (Å²) in [4.78, 5) is 39.8. The highest BCUT2D eigenvalue weighted by molar-refractivity contribution is 7.14. The molecule has 20 heavy (non-hydrogen) atoms. The van der Waals surface area contributed by atoms with Crippen LogP contribution in [-0.4, -0.2) is 45.4 Å². The standard InChI is InChI=1S/C12H15N3O4S/c1-6-8(11(18)19)3-4-15(6)10(17)9-5-20-12(14-9)13-7(2)16/h5-6,8H,3-4H2,1-2H3,(H,18,19)(H,13,14,16). The molecule has 0 aromatic carbocycles. The zero-order valence-corrected chi connectivity index (χ0v) is 11.9. The number of nitrogens with zero attached hydrogens (tertiary/aromatic N) is 2. The second-order valence-corrected chi connectivity index (χ2v) is 5.55. The Kier molecular flexibility index (Phi) is 4.03. The number of carboxylic acid groups (broad SMARTS) is 1. The predicted octanol–water partition coefficient (Wildman–Crippen LogP) is 1.04. The maximum Gasteiger partial charge on any atom is 0.308 e. The molecule has 1 aromatic heterocycles. The molecule has 0 saturated carbocycles. The van der Waals surface area contributed by atoms with Crippen LogP contribution in [0.1, 0.15) is 30.8 Å². The van der Waals surface area contributed by atoms with Crippen molar-refractivity contribution in [2.24, 2.45) is 5.92 Å². The van der Waals surface area contributed by atoms with E-state index in [1.165, 1.54) is 23.2 Å². The Morgan fingerprint density at radius 1 is 1.50 bits per heavy atom. The van der Waals surface area contributed by atoms with Crippen LogP contribution in [0.2, 0.25) is 0 Å². The smallest absolute Gasteiger partial charge is 0.308 e. The largest absolute Gasteiger partial charge is 0.481 e. The highest BCUT2D eigenvalue weighted by atomic mass is 32.1. The zero-order chi connectivity index (χ0) is 14.9. The number of aromatic nitrogens is 1. The maximum absolute atomic E-state index is 12.3. The lowest BCUT2D eigenvalue weighted by Crippen LogP contribution is -2.37.